The minimum Gasteiger partial charge on any atom is -0.366 e. The third-order valence-corrected chi connectivity index (χ3v) is 8.25. The van der Waals surface area contributed by atoms with Crippen LogP contribution in [0.4, 0.5) is 0 Å². The third-order valence-electron chi connectivity index (χ3n) is 6.77. The number of hydrogen-bond acceptors (Lipinski definition) is 3. The first-order valence-corrected chi connectivity index (χ1v) is 11.1. The molecule has 4 rings (SSSR count). The van der Waals surface area contributed by atoms with Gasteiger partial charge in [0.05, 0.1) is 25.2 Å². The number of hydrogen-bond donors (Lipinski definition) is 1. The van der Waals surface area contributed by atoms with Crippen LogP contribution in [0.3, 0.4) is 0 Å². The molecule has 6 heteroatoms. The van der Waals surface area contributed by atoms with Crippen LogP contribution in [0.5, 0.6) is 0 Å². The molecule has 3 atom stereocenters. The quantitative estimate of drug-likeness (QED) is 0.720. The summed E-state index contributed by atoms with van der Waals surface area (Å²) in [6.07, 6.45) is 3.89. The van der Waals surface area contributed by atoms with Gasteiger partial charge < -0.3 is 10.2 Å². The van der Waals surface area contributed by atoms with Crippen molar-refractivity contribution in [2.45, 2.75) is 51.1 Å². The van der Waals surface area contributed by atoms with Crippen molar-refractivity contribution in [1.29, 1.82) is 0 Å². The summed E-state index contributed by atoms with van der Waals surface area (Å²) in [5, 5.41) is 0.658. The molecule has 1 aromatic carbocycles. The van der Waals surface area contributed by atoms with E-state index in [0.29, 0.717) is 29.1 Å². The topological polar surface area (TPSA) is 60.2 Å². The summed E-state index contributed by atoms with van der Waals surface area (Å²) in [7, 11) is 2.30. The summed E-state index contributed by atoms with van der Waals surface area (Å²) in [5.74, 6) is -0.291. The highest BCUT2D eigenvalue weighted by molar-refractivity contribution is 7.12. The van der Waals surface area contributed by atoms with Gasteiger partial charge in [-0.1, -0.05) is 23.7 Å². The van der Waals surface area contributed by atoms with Crippen LogP contribution >= 0.6 is 22.9 Å². The number of fused-ring (bicyclic) bond motifs is 4. The van der Waals surface area contributed by atoms with Crippen LogP contribution in [0.15, 0.2) is 24.3 Å². The Balaban J connectivity index is 1.64. The first kappa shape index (κ1) is 19.6. The van der Waals surface area contributed by atoms with E-state index in [1.807, 2.05) is 12.1 Å². The second-order valence-electron chi connectivity index (χ2n) is 8.23. The van der Waals surface area contributed by atoms with E-state index in [-0.39, 0.29) is 18.1 Å². The molecule has 0 spiro atoms. The lowest BCUT2D eigenvalue weighted by Crippen LogP contribution is -2.52. The molecule has 1 fully saturated rings. The summed E-state index contributed by atoms with van der Waals surface area (Å²) < 4.78 is 0.988. The zero-order chi connectivity index (χ0) is 20.1. The van der Waals surface area contributed by atoms with Crippen LogP contribution in [0, 0.1) is 0 Å². The number of Topliss-reactive ketones (excluding diaryl/α,β-unsaturated/α-hetero) is 1. The minimum absolute atomic E-state index is 0.0984. The van der Waals surface area contributed by atoms with Crippen molar-refractivity contribution in [3.63, 3.8) is 0 Å². The van der Waals surface area contributed by atoms with Crippen molar-refractivity contribution in [2.24, 2.45) is 5.73 Å². The normalized spacial score (nSPS) is 25.5. The Bertz CT molecular complexity index is 937. The third kappa shape index (κ3) is 3.19. The maximum Gasteiger partial charge on any atom is 0.250 e. The smallest absolute Gasteiger partial charge is 0.250 e. The zero-order valence-corrected chi connectivity index (χ0v) is 17.9. The van der Waals surface area contributed by atoms with Crippen molar-refractivity contribution in [3.8, 4) is 0 Å². The Labute approximate surface area is 174 Å². The summed E-state index contributed by atoms with van der Waals surface area (Å²) in [6.45, 7) is 3.27. The second-order valence-corrected chi connectivity index (χ2v) is 9.86. The number of primary amides is 1. The number of rotatable bonds is 6. The molecule has 2 aliphatic heterocycles. The number of quaternary nitrogens is 1. The number of likely N-dealkylation sites (N-methyl/N-ethyl adjacent to an activating group) is 1. The Morgan fingerprint density at radius 2 is 1.93 bits per heavy atom. The van der Waals surface area contributed by atoms with Crippen LogP contribution < -0.4 is 5.73 Å². The highest BCUT2D eigenvalue weighted by Crippen LogP contribution is 2.52. The Morgan fingerprint density at radius 3 is 2.57 bits per heavy atom. The van der Waals surface area contributed by atoms with E-state index in [2.05, 4.69) is 14.0 Å². The van der Waals surface area contributed by atoms with E-state index in [1.165, 1.54) is 11.3 Å². The number of amides is 1. The van der Waals surface area contributed by atoms with E-state index in [0.717, 1.165) is 39.9 Å². The van der Waals surface area contributed by atoms with Gasteiger partial charge in [-0.25, -0.2) is 0 Å². The van der Waals surface area contributed by atoms with Gasteiger partial charge in [-0.15, -0.1) is 11.3 Å². The van der Waals surface area contributed by atoms with Gasteiger partial charge in [0, 0.05) is 52.4 Å². The van der Waals surface area contributed by atoms with E-state index < -0.39 is 0 Å². The summed E-state index contributed by atoms with van der Waals surface area (Å²) >= 11 is 7.56. The monoisotopic (exact) mass is 417 g/mol. The molecule has 1 saturated heterocycles. The number of nitrogens with two attached hydrogens (primary N) is 1. The van der Waals surface area contributed by atoms with Gasteiger partial charge in [0.15, 0.2) is 0 Å². The maximum atomic E-state index is 12.7. The highest BCUT2D eigenvalue weighted by atomic mass is 35.5. The molecule has 28 heavy (non-hydrogen) atoms. The minimum atomic E-state index is -0.389. The number of ketones is 1. The molecule has 2 aromatic rings. The van der Waals surface area contributed by atoms with Gasteiger partial charge >= 0.3 is 0 Å². The first-order chi connectivity index (χ1) is 13.3. The molecule has 1 unspecified atom stereocenters. The van der Waals surface area contributed by atoms with Gasteiger partial charge in [-0.05, 0) is 24.6 Å². The average Bonchev–Trinajstić information content (AvgIpc) is 3.09. The molecule has 2 bridgehead atoms. The number of benzene rings is 1. The predicted molar refractivity (Wildman–Crippen MR) is 113 cm³/mol. The van der Waals surface area contributed by atoms with Crippen LogP contribution in [0.25, 0.3) is 0 Å². The van der Waals surface area contributed by atoms with Gasteiger partial charge in [-0.2, -0.15) is 0 Å². The zero-order valence-electron chi connectivity index (χ0n) is 16.3. The summed E-state index contributed by atoms with van der Waals surface area (Å²) in [5.41, 5.74) is 8.53. The van der Waals surface area contributed by atoms with Gasteiger partial charge in [0.1, 0.15) is 11.8 Å². The van der Waals surface area contributed by atoms with E-state index in [4.69, 9.17) is 17.3 Å². The number of thiophene rings is 1. The lowest BCUT2D eigenvalue weighted by Gasteiger charge is -2.44. The molecular formula is C22H26ClN2O2S+. The second kappa shape index (κ2) is 7.29. The lowest BCUT2D eigenvalue weighted by atomic mass is 9.92. The van der Waals surface area contributed by atoms with Crippen LogP contribution in [-0.4, -0.2) is 35.8 Å². The number of halogens is 1. The van der Waals surface area contributed by atoms with Crippen molar-refractivity contribution in [3.05, 3.63) is 55.7 Å². The molecule has 148 valence electrons. The molecule has 0 radical (unpaired) electrons. The number of carbonyl (C=O) groups excluding carboxylic acids is 2. The molecule has 1 amide bonds. The fourth-order valence-electron chi connectivity index (χ4n) is 5.15. The average molecular weight is 418 g/mol. The SMILES string of the molecule is CC[N@+]1(C)C2CC[C@@H]1Cc1sc(CC(=O)Cc3ccc(Cl)cc3)c(C(N)=O)c12. The van der Waals surface area contributed by atoms with Crippen LogP contribution in [0.2, 0.25) is 5.02 Å². The van der Waals surface area contributed by atoms with E-state index >= 15 is 0 Å². The van der Waals surface area contributed by atoms with Gasteiger partial charge in [0.25, 0.3) is 0 Å². The van der Waals surface area contributed by atoms with E-state index in [1.54, 1.807) is 23.5 Å². The largest absolute Gasteiger partial charge is 0.366 e. The van der Waals surface area contributed by atoms with Crippen LogP contribution in [-0.2, 0) is 24.1 Å². The highest BCUT2D eigenvalue weighted by Gasteiger charge is 2.52. The molecular weight excluding hydrogens is 392 g/mol. The molecule has 4 nitrogen and oxygen atoms in total. The van der Waals surface area contributed by atoms with E-state index in [9.17, 15) is 9.59 Å². The Kier molecular flexibility index (Phi) is 5.10. The predicted octanol–water partition coefficient (Wildman–Crippen LogP) is 4.08. The van der Waals surface area contributed by atoms with Crippen molar-refractivity contribution in [2.75, 3.05) is 13.6 Å². The maximum absolute atomic E-state index is 12.7. The molecule has 2 aliphatic rings. The Morgan fingerprint density at radius 1 is 1.21 bits per heavy atom. The molecule has 3 heterocycles. The Hall–Kier alpha value is -1.69. The molecule has 1 aromatic heterocycles. The van der Waals surface area contributed by atoms with Gasteiger partial charge in [0.2, 0.25) is 5.91 Å². The molecule has 0 saturated carbocycles. The van der Waals surface area contributed by atoms with Crippen molar-refractivity contribution in [1.82, 2.24) is 0 Å². The lowest BCUT2D eigenvalue weighted by molar-refractivity contribution is -0.949. The molecule has 2 N–H and O–H groups in total. The fourth-order valence-corrected chi connectivity index (χ4v) is 6.74. The number of nitrogens with zero attached hydrogens (tertiary/aromatic N) is 1. The first-order valence-electron chi connectivity index (χ1n) is 9.88. The molecule has 0 aliphatic carbocycles. The van der Waals surface area contributed by atoms with Crippen molar-refractivity contribution < 1.29 is 14.1 Å². The summed E-state index contributed by atoms with van der Waals surface area (Å²) in [4.78, 5) is 27.2. The fraction of sp³-hybridized carbons (Fsp3) is 0.455. The standard InChI is InChI=1S/C22H25ClN2O2S/c1-3-25(2)15-8-9-17(25)20-18(11-15)28-19(21(20)22(24)27)12-16(26)10-13-4-6-14(23)7-5-13/h4-7,15,17H,3,8-12H2,1-2H3,(H-,24,27)/p+1/t15-,17?,25+/m1/s1. The number of carbonyl (C=O) groups is 2. The van der Waals surface area contributed by atoms with Gasteiger partial charge in [-0.3, -0.25) is 9.59 Å². The van der Waals surface area contributed by atoms with Crippen molar-refractivity contribution >= 4 is 34.6 Å². The van der Waals surface area contributed by atoms with Crippen LogP contribution in [0.1, 0.15) is 57.0 Å². The summed E-state index contributed by atoms with van der Waals surface area (Å²) in [6, 6.07) is 8.28.